The largest absolute Gasteiger partial charge is 0.491 e. The molecule has 0 spiro atoms. The molecular weight excluding hydrogens is 428 g/mol. The van der Waals surface area contributed by atoms with Crippen LogP contribution in [-0.4, -0.2) is 63.4 Å². The van der Waals surface area contributed by atoms with Gasteiger partial charge < -0.3 is 14.7 Å². The Morgan fingerprint density at radius 1 is 0.971 bits per heavy atom. The van der Waals surface area contributed by atoms with Gasteiger partial charge in [-0.3, -0.25) is 14.4 Å². The van der Waals surface area contributed by atoms with Gasteiger partial charge in [0, 0.05) is 50.4 Å². The molecule has 2 aromatic carbocycles. The monoisotopic (exact) mass is 460 g/mol. The number of aliphatic hydroxyl groups excluding tert-OH is 1. The highest BCUT2D eigenvalue weighted by Crippen LogP contribution is 2.27. The quantitative estimate of drug-likeness (QED) is 0.559. The summed E-state index contributed by atoms with van der Waals surface area (Å²) in [4.78, 5) is 17.7. The number of nitrogens with zero attached hydrogens (tertiary/aromatic N) is 4. The second kappa shape index (κ2) is 10.4. The van der Waals surface area contributed by atoms with Gasteiger partial charge in [0.05, 0.1) is 13.2 Å². The second-order valence-corrected chi connectivity index (χ2v) is 9.10. The van der Waals surface area contributed by atoms with E-state index in [1.165, 1.54) is 11.3 Å². The van der Waals surface area contributed by atoms with Crippen LogP contribution in [0.25, 0.3) is 0 Å². The second-order valence-electron chi connectivity index (χ2n) is 9.10. The summed E-state index contributed by atoms with van der Waals surface area (Å²) in [5, 5.41) is 13.9. The average Bonchev–Trinajstić information content (AvgIpc) is 3.52. The lowest BCUT2D eigenvalue weighted by atomic mass is 10.0. The molecule has 1 N–H and O–H groups in total. The fraction of sp³-hybridized carbons (Fsp3) is 0.407. The van der Waals surface area contributed by atoms with Crippen molar-refractivity contribution in [1.29, 1.82) is 0 Å². The van der Waals surface area contributed by atoms with Gasteiger partial charge in [-0.25, -0.2) is 0 Å². The van der Waals surface area contributed by atoms with Crippen LogP contribution < -0.4 is 4.74 Å². The predicted octanol–water partition coefficient (Wildman–Crippen LogP) is 3.10. The number of hydrogen-bond donors (Lipinski definition) is 1. The molecule has 0 atom stereocenters. The summed E-state index contributed by atoms with van der Waals surface area (Å²) < 4.78 is 7.63. The van der Waals surface area contributed by atoms with Gasteiger partial charge in [-0.2, -0.15) is 5.10 Å². The van der Waals surface area contributed by atoms with Crippen LogP contribution in [0.2, 0.25) is 0 Å². The zero-order chi connectivity index (χ0) is 23.3. The van der Waals surface area contributed by atoms with Crippen LogP contribution in [0, 0.1) is 0 Å². The molecule has 7 heteroatoms. The first kappa shape index (κ1) is 22.6. The Kier molecular flexibility index (Phi) is 6.92. The molecule has 0 radical (unpaired) electrons. The number of ether oxygens (including phenoxy) is 1. The molecule has 0 saturated carbocycles. The minimum absolute atomic E-state index is 0.0000759. The number of aliphatic hydroxyl groups is 1. The molecular formula is C27H32N4O3. The van der Waals surface area contributed by atoms with E-state index in [1.54, 1.807) is 0 Å². The average molecular weight is 461 g/mol. The molecule has 34 heavy (non-hydrogen) atoms. The number of amides is 1. The van der Waals surface area contributed by atoms with E-state index in [2.05, 4.69) is 27.8 Å². The number of rotatable bonds is 8. The van der Waals surface area contributed by atoms with Crippen LogP contribution >= 0.6 is 0 Å². The fourth-order valence-corrected chi connectivity index (χ4v) is 4.97. The third-order valence-electron chi connectivity index (χ3n) is 6.65. The number of likely N-dealkylation sites (tertiary alicyclic amines) is 1. The van der Waals surface area contributed by atoms with Gasteiger partial charge in [-0.1, -0.05) is 42.5 Å². The zero-order valence-corrected chi connectivity index (χ0v) is 19.5. The maximum Gasteiger partial charge on any atom is 0.274 e. The molecule has 1 amide bonds. The van der Waals surface area contributed by atoms with Crippen LogP contribution in [0.1, 0.15) is 45.7 Å². The molecule has 0 unspecified atom stereocenters. The van der Waals surface area contributed by atoms with Crippen molar-refractivity contribution in [3.8, 4) is 5.75 Å². The Morgan fingerprint density at radius 2 is 1.76 bits per heavy atom. The highest BCUT2D eigenvalue weighted by Gasteiger charge is 2.31. The standard InChI is InChI=1S/C27H32N4O3/c32-15-16-34-23-10-6-9-22(17-23)18-29-14-11-25-24(20-29)26(27(33)30-12-4-5-13-30)28-31(25)19-21-7-2-1-3-8-21/h1-3,6-10,17,32H,4-5,11-16,18-20H2. The molecule has 2 aliphatic heterocycles. The SMILES string of the molecule is O=C(c1nn(Cc2ccccc2)c2c1CN(Cc1cccc(OCCO)c1)CC2)N1CCCC1. The molecule has 0 aliphatic carbocycles. The van der Waals surface area contributed by atoms with Gasteiger partial charge in [-0.05, 0) is 36.1 Å². The van der Waals surface area contributed by atoms with Crippen molar-refractivity contribution < 1.29 is 14.6 Å². The van der Waals surface area contributed by atoms with Crippen LogP contribution in [0.4, 0.5) is 0 Å². The lowest BCUT2D eigenvalue weighted by molar-refractivity contribution is 0.0783. The topological polar surface area (TPSA) is 70.8 Å². The molecule has 3 aromatic rings. The lowest BCUT2D eigenvalue weighted by Crippen LogP contribution is -2.33. The Labute approximate surface area is 200 Å². The molecule has 1 aromatic heterocycles. The van der Waals surface area contributed by atoms with Gasteiger partial charge in [0.1, 0.15) is 12.4 Å². The Bertz CT molecular complexity index is 1120. The normalized spacial score (nSPS) is 16.0. The Hall–Kier alpha value is -3.16. The van der Waals surface area contributed by atoms with Crippen molar-refractivity contribution >= 4 is 5.91 Å². The van der Waals surface area contributed by atoms with Crippen molar-refractivity contribution in [3.63, 3.8) is 0 Å². The van der Waals surface area contributed by atoms with Crippen LogP contribution in [-0.2, 0) is 26.1 Å². The summed E-state index contributed by atoms with van der Waals surface area (Å²) >= 11 is 0. The minimum atomic E-state index is -0.0000759. The third-order valence-corrected chi connectivity index (χ3v) is 6.65. The minimum Gasteiger partial charge on any atom is -0.491 e. The van der Waals surface area contributed by atoms with Gasteiger partial charge in [-0.15, -0.1) is 0 Å². The van der Waals surface area contributed by atoms with E-state index in [4.69, 9.17) is 14.9 Å². The van der Waals surface area contributed by atoms with Gasteiger partial charge >= 0.3 is 0 Å². The number of carbonyl (C=O) groups excluding carboxylic acids is 1. The van der Waals surface area contributed by atoms with E-state index < -0.39 is 0 Å². The van der Waals surface area contributed by atoms with E-state index in [0.29, 0.717) is 25.4 Å². The van der Waals surface area contributed by atoms with Crippen molar-refractivity contribution in [1.82, 2.24) is 19.6 Å². The molecule has 7 nitrogen and oxygen atoms in total. The Balaban J connectivity index is 1.39. The molecule has 1 fully saturated rings. The molecule has 5 rings (SSSR count). The number of aromatic nitrogens is 2. The van der Waals surface area contributed by atoms with Gasteiger partial charge in [0.25, 0.3) is 5.91 Å². The number of carbonyl (C=O) groups is 1. The van der Waals surface area contributed by atoms with Crippen LogP contribution in [0.5, 0.6) is 5.75 Å². The number of hydrogen-bond acceptors (Lipinski definition) is 5. The summed E-state index contributed by atoms with van der Waals surface area (Å²) in [7, 11) is 0. The van der Waals surface area contributed by atoms with Gasteiger partial charge in [0.2, 0.25) is 0 Å². The van der Waals surface area contributed by atoms with Gasteiger partial charge in [0.15, 0.2) is 5.69 Å². The van der Waals surface area contributed by atoms with E-state index in [9.17, 15) is 4.79 Å². The van der Waals surface area contributed by atoms with Crippen LogP contribution in [0.15, 0.2) is 54.6 Å². The number of fused-ring (bicyclic) bond motifs is 1. The molecule has 2 aliphatic rings. The van der Waals surface area contributed by atoms with E-state index >= 15 is 0 Å². The summed E-state index contributed by atoms with van der Waals surface area (Å²) in [5.74, 6) is 0.839. The maximum absolute atomic E-state index is 13.4. The lowest BCUT2D eigenvalue weighted by Gasteiger charge is -2.28. The highest BCUT2D eigenvalue weighted by atomic mass is 16.5. The first-order chi connectivity index (χ1) is 16.7. The first-order valence-corrected chi connectivity index (χ1v) is 12.2. The van der Waals surface area contributed by atoms with Crippen molar-refractivity contribution in [2.24, 2.45) is 0 Å². The highest BCUT2D eigenvalue weighted by molar-refractivity contribution is 5.94. The van der Waals surface area contributed by atoms with Crippen molar-refractivity contribution in [2.45, 2.75) is 38.9 Å². The maximum atomic E-state index is 13.4. The smallest absolute Gasteiger partial charge is 0.274 e. The Morgan fingerprint density at radius 3 is 2.56 bits per heavy atom. The summed E-state index contributed by atoms with van der Waals surface area (Å²) in [6, 6.07) is 18.3. The van der Waals surface area contributed by atoms with Crippen LogP contribution in [0.3, 0.4) is 0 Å². The summed E-state index contributed by atoms with van der Waals surface area (Å²) in [6.07, 6.45) is 3.00. The van der Waals surface area contributed by atoms with E-state index in [1.807, 2.05) is 41.3 Å². The molecule has 3 heterocycles. The zero-order valence-electron chi connectivity index (χ0n) is 19.5. The van der Waals surface area contributed by atoms with E-state index in [-0.39, 0.29) is 12.5 Å². The van der Waals surface area contributed by atoms with Crippen molar-refractivity contribution in [2.75, 3.05) is 32.8 Å². The first-order valence-electron chi connectivity index (χ1n) is 12.2. The summed E-state index contributed by atoms with van der Waals surface area (Å²) in [6.45, 7) is 5.01. The number of benzene rings is 2. The summed E-state index contributed by atoms with van der Waals surface area (Å²) in [5.41, 5.74) is 5.23. The molecule has 1 saturated heterocycles. The van der Waals surface area contributed by atoms with Crippen molar-refractivity contribution in [3.05, 3.63) is 82.7 Å². The van der Waals surface area contributed by atoms with E-state index in [0.717, 1.165) is 62.3 Å². The molecule has 0 bridgehead atoms. The third kappa shape index (κ3) is 5.00. The predicted molar refractivity (Wildman–Crippen MR) is 130 cm³/mol. The fourth-order valence-electron chi connectivity index (χ4n) is 4.97. The molecule has 178 valence electrons.